The third-order valence-corrected chi connectivity index (χ3v) is 2.61. The highest BCUT2D eigenvalue weighted by Crippen LogP contribution is 2.56. The molecule has 0 spiro atoms. The molecule has 0 radical (unpaired) electrons. The normalized spacial score (nSPS) is 26.8. The SMILES string of the molecule is [2H][C@@H]1[C@H](CCO)C1(C(=O)OCC)C(=O)OCC. The number of esters is 2. The quantitative estimate of drug-likeness (QED) is 0.532. The molecule has 1 rings (SSSR count). The molecule has 1 saturated carbocycles. The molecule has 0 amide bonds. The number of carbonyl (C=O) groups excluding carboxylic acids is 2. The molecule has 16 heavy (non-hydrogen) atoms. The van der Waals surface area contributed by atoms with Gasteiger partial charge in [0.05, 0.1) is 13.2 Å². The van der Waals surface area contributed by atoms with Crippen LogP contribution in [0.4, 0.5) is 0 Å². The van der Waals surface area contributed by atoms with Crippen molar-refractivity contribution in [1.29, 1.82) is 0 Å². The topological polar surface area (TPSA) is 72.8 Å². The zero-order valence-corrected chi connectivity index (χ0v) is 9.56. The van der Waals surface area contributed by atoms with E-state index in [1.54, 1.807) is 13.8 Å². The Morgan fingerprint density at radius 1 is 1.38 bits per heavy atom. The molecule has 1 aliphatic rings. The Labute approximate surface area is 96.1 Å². The highest BCUT2D eigenvalue weighted by Gasteiger charge is 2.67. The van der Waals surface area contributed by atoms with Crippen LogP contribution in [0, 0.1) is 11.3 Å². The van der Waals surface area contributed by atoms with Crippen molar-refractivity contribution in [3.05, 3.63) is 0 Å². The number of hydrogen-bond acceptors (Lipinski definition) is 5. The van der Waals surface area contributed by atoms with Gasteiger partial charge in [-0.3, -0.25) is 9.59 Å². The lowest BCUT2D eigenvalue weighted by atomic mass is 10.0. The van der Waals surface area contributed by atoms with Crippen molar-refractivity contribution in [2.75, 3.05) is 19.8 Å². The van der Waals surface area contributed by atoms with Crippen LogP contribution in [0.15, 0.2) is 0 Å². The first-order valence-corrected chi connectivity index (χ1v) is 5.44. The third kappa shape index (κ3) is 2.19. The van der Waals surface area contributed by atoms with E-state index in [-0.39, 0.29) is 26.2 Å². The van der Waals surface area contributed by atoms with Crippen LogP contribution >= 0.6 is 0 Å². The fourth-order valence-corrected chi connectivity index (χ4v) is 1.74. The van der Waals surface area contributed by atoms with Gasteiger partial charge in [0.25, 0.3) is 0 Å². The van der Waals surface area contributed by atoms with Gasteiger partial charge in [-0.2, -0.15) is 0 Å². The van der Waals surface area contributed by atoms with Crippen LogP contribution in [0.2, 0.25) is 0 Å². The predicted octanol–water partition coefficient (Wildman–Crippen LogP) is 0.501. The Morgan fingerprint density at radius 2 is 1.88 bits per heavy atom. The number of ether oxygens (including phenoxy) is 2. The molecule has 5 heteroatoms. The Kier molecular flexibility index (Phi) is 3.77. The summed E-state index contributed by atoms with van der Waals surface area (Å²) in [7, 11) is 0. The average Bonchev–Trinajstić information content (AvgIpc) is 2.86. The van der Waals surface area contributed by atoms with E-state index in [4.69, 9.17) is 16.0 Å². The summed E-state index contributed by atoms with van der Waals surface area (Å²) < 4.78 is 17.4. The molecule has 0 aromatic carbocycles. The molecular formula is C11H18O5. The van der Waals surface area contributed by atoms with E-state index in [1.807, 2.05) is 0 Å². The summed E-state index contributed by atoms with van der Waals surface area (Å²) in [5, 5.41) is 8.86. The summed E-state index contributed by atoms with van der Waals surface area (Å²) in [6.07, 6.45) is -0.654. The van der Waals surface area contributed by atoms with Crippen LogP contribution in [0.25, 0.3) is 0 Å². The van der Waals surface area contributed by atoms with Gasteiger partial charge in [0, 0.05) is 7.98 Å². The van der Waals surface area contributed by atoms with Gasteiger partial charge in [0.1, 0.15) is 0 Å². The van der Waals surface area contributed by atoms with Crippen molar-refractivity contribution in [1.82, 2.24) is 0 Å². The Morgan fingerprint density at radius 3 is 2.25 bits per heavy atom. The number of carbonyl (C=O) groups is 2. The lowest BCUT2D eigenvalue weighted by Crippen LogP contribution is -2.32. The van der Waals surface area contributed by atoms with Gasteiger partial charge in [-0.25, -0.2) is 0 Å². The monoisotopic (exact) mass is 231 g/mol. The van der Waals surface area contributed by atoms with Gasteiger partial charge in [-0.05, 0) is 32.6 Å². The zero-order valence-electron chi connectivity index (χ0n) is 10.6. The molecule has 2 atom stereocenters. The Bertz CT molecular complexity index is 286. The third-order valence-electron chi connectivity index (χ3n) is 2.61. The standard InChI is InChI=1S/C11H18O5/c1-3-15-9(13)11(10(14)16-4-2)7-8(11)5-6-12/h8,12H,3-7H2,1-2H3/t8-/m0/s1/i7D/t7-,8+/m1. The van der Waals surface area contributed by atoms with E-state index >= 15 is 0 Å². The number of aliphatic hydroxyl groups is 1. The van der Waals surface area contributed by atoms with Crippen LogP contribution in [-0.2, 0) is 19.1 Å². The van der Waals surface area contributed by atoms with Crippen LogP contribution < -0.4 is 0 Å². The predicted molar refractivity (Wildman–Crippen MR) is 55.5 cm³/mol. The number of rotatable bonds is 6. The van der Waals surface area contributed by atoms with Crippen LogP contribution in [0.3, 0.4) is 0 Å². The van der Waals surface area contributed by atoms with Crippen molar-refractivity contribution in [2.24, 2.45) is 11.3 Å². The second kappa shape index (κ2) is 5.30. The Balaban J connectivity index is 2.88. The summed E-state index contributed by atoms with van der Waals surface area (Å²) in [5.74, 6) is -1.93. The van der Waals surface area contributed by atoms with Gasteiger partial charge in [-0.15, -0.1) is 0 Å². The second-order valence-electron chi connectivity index (χ2n) is 3.60. The molecule has 0 bridgehead atoms. The summed E-state index contributed by atoms with van der Waals surface area (Å²) in [6, 6.07) is 0. The van der Waals surface area contributed by atoms with Gasteiger partial charge in [0.2, 0.25) is 0 Å². The molecule has 0 heterocycles. The molecule has 1 N–H and O–H groups in total. The van der Waals surface area contributed by atoms with E-state index < -0.39 is 29.7 Å². The minimum Gasteiger partial charge on any atom is -0.465 e. The van der Waals surface area contributed by atoms with E-state index in [2.05, 4.69) is 0 Å². The lowest BCUT2D eigenvalue weighted by molar-refractivity contribution is -0.165. The first kappa shape index (κ1) is 11.4. The maximum absolute atomic E-state index is 11.8. The molecule has 1 aliphatic carbocycles. The van der Waals surface area contributed by atoms with E-state index in [0.29, 0.717) is 0 Å². The summed E-state index contributed by atoms with van der Waals surface area (Å²) in [6.45, 7) is 3.41. The van der Waals surface area contributed by atoms with Crippen molar-refractivity contribution in [3.8, 4) is 0 Å². The molecule has 5 nitrogen and oxygen atoms in total. The van der Waals surface area contributed by atoms with Crippen molar-refractivity contribution < 1.29 is 25.5 Å². The van der Waals surface area contributed by atoms with E-state index in [1.165, 1.54) is 0 Å². The minimum atomic E-state index is -1.52. The van der Waals surface area contributed by atoms with Crippen LogP contribution in [0.1, 0.15) is 28.0 Å². The highest BCUT2D eigenvalue weighted by atomic mass is 16.6. The molecule has 92 valence electrons. The molecule has 1 fully saturated rings. The lowest BCUT2D eigenvalue weighted by Gasteiger charge is -2.14. The highest BCUT2D eigenvalue weighted by molar-refractivity contribution is 6.03. The zero-order chi connectivity index (χ0) is 13.1. The molecule has 0 saturated heterocycles. The van der Waals surface area contributed by atoms with Gasteiger partial charge >= 0.3 is 11.9 Å². The number of aliphatic hydroxyl groups excluding tert-OH is 1. The maximum atomic E-state index is 11.8. The van der Waals surface area contributed by atoms with E-state index in [0.717, 1.165) is 0 Å². The Hall–Kier alpha value is -1.10. The second-order valence-corrected chi connectivity index (χ2v) is 3.60. The summed E-state index contributed by atoms with van der Waals surface area (Å²) >= 11 is 0. The fraction of sp³-hybridized carbons (Fsp3) is 0.818. The van der Waals surface area contributed by atoms with E-state index in [9.17, 15) is 9.59 Å². The largest absolute Gasteiger partial charge is 0.465 e. The maximum Gasteiger partial charge on any atom is 0.323 e. The van der Waals surface area contributed by atoms with Gasteiger partial charge in [0.15, 0.2) is 5.41 Å². The number of hydrogen-bond donors (Lipinski definition) is 1. The molecule has 0 aliphatic heterocycles. The minimum absolute atomic E-state index is 0.151. The molecule has 0 aromatic rings. The van der Waals surface area contributed by atoms with Crippen molar-refractivity contribution >= 4 is 11.9 Å². The first-order chi connectivity index (χ1) is 8.07. The molecule has 0 unspecified atom stereocenters. The van der Waals surface area contributed by atoms with Gasteiger partial charge in [-0.1, -0.05) is 0 Å². The molecular weight excluding hydrogens is 212 g/mol. The van der Waals surface area contributed by atoms with Crippen LogP contribution in [0.5, 0.6) is 0 Å². The summed E-state index contributed by atoms with van der Waals surface area (Å²) in [4.78, 5) is 23.6. The van der Waals surface area contributed by atoms with Gasteiger partial charge < -0.3 is 14.6 Å². The average molecular weight is 231 g/mol. The molecule has 0 aromatic heterocycles. The summed E-state index contributed by atoms with van der Waals surface area (Å²) in [5.41, 5.74) is -1.52. The fourth-order valence-electron chi connectivity index (χ4n) is 1.74. The van der Waals surface area contributed by atoms with Crippen LogP contribution in [-0.4, -0.2) is 36.9 Å². The first-order valence-electron chi connectivity index (χ1n) is 6.02. The van der Waals surface area contributed by atoms with Crippen molar-refractivity contribution in [2.45, 2.75) is 26.7 Å². The van der Waals surface area contributed by atoms with Crippen molar-refractivity contribution in [3.63, 3.8) is 0 Å². The smallest absolute Gasteiger partial charge is 0.323 e.